The maximum Gasteiger partial charge on any atom is 0.320 e. The predicted octanol–water partition coefficient (Wildman–Crippen LogP) is 2.59. The minimum Gasteiger partial charge on any atom is -0.480 e. The molecule has 0 radical (unpaired) electrons. The number of rotatable bonds is 5. The van der Waals surface area contributed by atoms with Crippen LogP contribution in [0.1, 0.15) is 32.4 Å². The second-order valence-electron chi connectivity index (χ2n) is 4.47. The molecule has 0 heterocycles. The highest BCUT2D eigenvalue weighted by Gasteiger charge is 2.24. The molecule has 0 spiro atoms. The van der Waals surface area contributed by atoms with Crippen LogP contribution in [0.4, 0.5) is 4.39 Å². The number of nitrogens with one attached hydrogen (secondary N) is 1. The van der Waals surface area contributed by atoms with Gasteiger partial charge in [-0.05, 0) is 18.9 Å². The Labute approximate surface area is 101 Å². The highest BCUT2D eigenvalue weighted by molar-refractivity contribution is 5.73. The van der Waals surface area contributed by atoms with Crippen molar-refractivity contribution in [3.8, 4) is 0 Å². The van der Waals surface area contributed by atoms with Crippen LogP contribution in [0.25, 0.3) is 0 Å². The fraction of sp³-hybridized carbons (Fsp3) is 0.462. The zero-order valence-corrected chi connectivity index (χ0v) is 10.3. The molecule has 0 saturated heterocycles. The van der Waals surface area contributed by atoms with E-state index in [1.54, 1.807) is 25.1 Å². The number of carbonyl (C=O) groups is 1. The van der Waals surface area contributed by atoms with Crippen molar-refractivity contribution < 1.29 is 14.3 Å². The van der Waals surface area contributed by atoms with Gasteiger partial charge in [-0.1, -0.05) is 32.0 Å². The van der Waals surface area contributed by atoms with Crippen molar-refractivity contribution in [2.75, 3.05) is 0 Å². The Hall–Kier alpha value is -1.42. The lowest BCUT2D eigenvalue weighted by Gasteiger charge is -2.23. The Kier molecular flexibility index (Phi) is 4.63. The lowest BCUT2D eigenvalue weighted by atomic mass is 10.0. The lowest BCUT2D eigenvalue weighted by Crippen LogP contribution is -2.42. The summed E-state index contributed by atoms with van der Waals surface area (Å²) < 4.78 is 13.5. The first-order valence-corrected chi connectivity index (χ1v) is 5.66. The summed E-state index contributed by atoms with van der Waals surface area (Å²) in [4.78, 5) is 11.0. The van der Waals surface area contributed by atoms with E-state index in [1.807, 2.05) is 13.8 Å². The van der Waals surface area contributed by atoms with E-state index < -0.39 is 12.0 Å². The van der Waals surface area contributed by atoms with E-state index in [-0.39, 0.29) is 17.8 Å². The van der Waals surface area contributed by atoms with Crippen LogP contribution in [0.15, 0.2) is 24.3 Å². The van der Waals surface area contributed by atoms with Crippen molar-refractivity contribution in [3.63, 3.8) is 0 Å². The normalized spacial score (nSPS) is 14.6. The molecule has 17 heavy (non-hydrogen) atoms. The maximum atomic E-state index is 13.5. The molecule has 0 aliphatic heterocycles. The monoisotopic (exact) mass is 239 g/mol. The molecule has 1 aromatic rings. The first-order valence-electron chi connectivity index (χ1n) is 5.66. The van der Waals surface area contributed by atoms with E-state index in [1.165, 1.54) is 6.07 Å². The molecule has 0 aliphatic carbocycles. The average Bonchev–Trinajstić information content (AvgIpc) is 2.25. The summed E-state index contributed by atoms with van der Waals surface area (Å²) in [6.07, 6.45) is 0. The van der Waals surface area contributed by atoms with Crippen LogP contribution < -0.4 is 5.32 Å². The molecule has 2 N–H and O–H groups in total. The van der Waals surface area contributed by atoms with Crippen LogP contribution >= 0.6 is 0 Å². The molecule has 0 saturated carbocycles. The van der Waals surface area contributed by atoms with Gasteiger partial charge < -0.3 is 5.11 Å². The van der Waals surface area contributed by atoms with Crippen LogP contribution in [0, 0.1) is 11.7 Å². The number of benzene rings is 1. The molecule has 94 valence electrons. The number of hydrogen-bond acceptors (Lipinski definition) is 2. The van der Waals surface area contributed by atoms with Crippen molar-refractivity contribution in [3.05, 3.63) is 35.6 Å². The zero-order valence-electron chi connectivity index (χ0n) is 10.3. The Morgan fingerprint density at radius 2 is 1.88 bits per heavy atom. The van der Waals surface area contributed by atoms with Crippen molar-refractivity contribution in [2.45, 2.75) is 32.9 Å². The Morgan fingerprint density at radius 3 is 2.35 bits per heavy atom. The first kappa shape index (κ1) is 13.6. The minimum absolute atomic E-state index is 0.0540. The molecule has 1 rings (SSSR count). The summed E-state index contributed by atoms with van der Waals surface area (Å²) >= 11 is 0. The molecule has 1 unspecified atom stereocenters. The van der Waals surface area contributed by atoms with Gasteiger partial charge in [-0.2, -0.15) is 0 Å². The highest BCUT2D eigenvalue weighted by Crippen LogP contribution is 2.18. The third-order valence-electron chi connectivity index (χ3n) is 2.73. The van der Waals surface area contributed by atoms with Gasteiger partial charge in [0.05, 0.1) is 0 Å². The van der Waals surface area contributed by atoms with Crippen LogP contribution in [0.5, 0.6) is 0 Å². The number of aliphatic carboxylic acids is 1. The smallest absolute Gasteiger partial charge is 0.320 e. The van der Waals surface area contributed by atoms with Gasteiger partial charge in [-0.25, -0.2) is 4.39 Å². The molecule has 0 bridgehead atoms. The second-order valence-corrected chi connectivity index (χ2v) is 4.47. The SMILES string of the molecule is CC(C)C(N[C@H](C)c1ccccc1F)C(=O)O. The number of halogens is 1. The van der Waals surface area contributed by atoms with Gasteiger partial charge in [0.1, 0.15) is 11.9 Å². The molecule has 1 aromatic carbocycles. The number of carboxylic acids is 1. The van der Waals surface area contributed by atoms with Gasteiger partial charge >= 0.3 is 5.97 Å². The van der Waals surface area contributed by atoms with Gasteiger partial charge in [0.2, 0.25) is 0 Å². The molecular formula is C13H18FNO2. The fourth-order valence-electron chi connectivity index (χ4n) is 1.73. The number of hydrogen-bond donors (Lipinski definition) is 2. The number of carboxylic acid groups (broad SMARTS) is 1. The third-order valence-corrected chi connectivity index (χ3v) is 2.73. The van der Waals surface area contributed by atoms with Crippen molar-refractivity contribution in [1.82, 2.24) is 5.32 Å². The van der Waals surface area contributed by atoms with Crippen molar-refractivity contribution in [2.24, 2.45) is 5.92 Å². The predicted molar refractivity (Wildman–Crippen MR) is 64.2 cm³/mol. The van der Waals surface area contributed by atoms with Crippen LogP contribution in [0.2, 0.25) is 0 Å². The largest absolute Gasteiger partial charge is 0.480 e. The van der Waals surface area contributed by atoms with E-state index >= 15 is 0 Å². The summed E-state index contributed by atoms with van der Waals surface area (Å²) in [7, 11) is 0. The van der Waals surface area contributed by atoms with Gasteiger partial charge in [-0.15, -0.1) is 0 Å². The van der Waals surface area contributed by atoms with E-state index in [4.69, 9.17) is 5.11 Å². The summed E-state index contributed by atoms with van der Waals surface area (Å²) in [5.41, 5.74) is 0.486. The molecule has 0 aliphatic rings. The summed E-state index contributed by atoms with van der Waals surface area (Å²) in [5, 5.41) is 12.0. The topological polar surface area (TPSA) is 49.3 Å². The lowest BCUT2D eigenvalue weighted by molar-refractivity contribution is -0.140. The quantitative estimate of drug-likeness (QED) is 0.830. The van der Waals surface area contributed by atoms with Gasteiger partial charge in [-0.3, -0.25) is 10.1 Å². The van der Waals surface area contributed by atoms with Crippen LogP contribution in [-0.2, 0) is 4.79 Å². The summed E-state index contributed by atoms with van der Waals surface area (Å²) in [6.45, 7) is 5.40. The molecule has 4 heteroatoms. The van der Waals surface area contributed by atoms with Crippen molar-refractivity contribution in [1.29, 1.82) is 0 Å². The Balaban J connectivity index is 2.81. The fourth-order valence-corrected chi connectivity index (χ4v) is 1.73. The minimum atomic E-state index is -0.914. The molecule has 0 fully saturated rings. The van der Waals surface area contributed by atoms with E-state index in [0.717, 1.165) is 0 Å². The standard InChI is InChI=1S/C13H18FNO2/c1-8(2)12(13(16)17)15-9(3)10-6-4-5-7-11(10)14/h4-9,12,15H,1-3H3,(H,16,17)/t9-,12?/m1/s1. The van der Waals surface area contributed by atoms with Gasteiger partial charge in [0, 0.05) is 11.6 Å². The molecule has 3 nitrogen and oxygen atoms in total. The molecule has 2 atom stereocenters. The van der Waals surface area contributed by atoms with Gasteiger partial charge in [0.25, 0.3) is 0 Å². The average molecular weight is 239 g/mol. The van der Waals surface area contributed by atoms with E-state index in [0.29, 0.717) is 5.56 Å². The van der Waals surface area contributed by atoms with Crippen LogP contribution in [0.3, 0.4) is 0 Å². The van der Waals surface area contributed by atoms with Crippen molar-refractivity contribution >= 4 is 5.97 Å². The maximum absolute atomic E-state index is 13.5. The summed E-state index contributed by atoms with van der Waals surface area (Å²) in [5.74, 6) is -1.29. The third kappa shape index (κ3) is 3.53. The van der Waals surface area contributed by atoms with Crippen LogP contribution in [-0.4, -0.2) is 17.1 Å². The van der Waals surface area contributed by atoms with E-state index in [9.17, 15) is 9.18 Å². The summed E-state index contributed by atoms with van der Waals surface area (Å²) in [6, 6.07) is 5.37. The molecule has 0 amide bonds. The molecule has 0 aromatic heterocycles. The Morgan fingerprint density at radius 1 is 1.29 bits per heavy atom. The molecular weight excluding hydrogens is 221 g/mol. The highest BCUT2D eigenvalue weighted by atomic mass is 19.1. The van der Waals surface area contributed by atoms with Gasteiger partial charge in [0.15, 0.2) is 0 Å². The first-order chi connectivity index (χ1) is 7.93. The van der Waals surface area contributed by atoms with E-state index in [2.05, 4.69) is 5.32 Å². The second kappa shape index (κ2) is 5.77. The zero-order chi connectivity index (χ0) is 13.0. The Bertz CT molecular complexity index is 393.